The van der Waals surface area contributed by atoms with E-state index in [9.17, 15) is 9.59 Å². The highest BCUT2D eigenvalue weighted by molar-refractivity contribution is 7.99. The van der Waals surface area contributed by atoms with Crippen molar-refractivity contribution in [3.05, 3.63) is 98.3 Å². The lowest BCUT2D eigenvalue weighted by Crippen LogP contribution is -2.24. The molecule has 6 nitrogen and oxygen atoms in total. The molecule has 0 unspecified atom stereocenters. The van der Waals surface area contributed by atoms with Gasteiger partial charge in [-0.2, -0.15) is 5.10 Å². The number of benzene rings is 3. The van der Waals surface area contributed by atoms with E-state index >= 15 is 0 Å². The summed E-state index contributed by atoms with van der Waals surface area (Å²) in [4.78, 5) is 30.3. The molecule has 1 heterocycles. The predicted molar refractivity (Wildman–Crippen MR) is 135 cm³/mol. The van der Waals surface area contributed by atoms with E-state index in [4.69, 9.17) is 23.2 Å². The number of halogens is 2. The van der Waals surface area contributed by atoms with Crippen LogP contribution in [0.4, 0.5) is 0 Å². The third-order valence-electron chi connectivity index (χ3n) is 4.81. The minimum absolute atomic E-state index is 0.0112. The molecule has 0 atom stereocenters. The number of fused-ring (bicyclic) bond motifs is 1. The fourth-order valence-corrected chi connectivity index (χ4v) is 4.35. The Morgan fingerprint density at radius 2 is 1.85 bits per heavy atom. The highest BCUT2D eigenvalue weighted by Gasteiger charge is 2.15. The number of carbonyl (C=O) groups excluding carboxylic acids is 1. The van der Waals surface area contributed by atoms with Crippen LogP contribution in [-0.2, 0) is 4.79 Å². The van der Waals surface area contributed by atoms with Crippen LogP contribution in [0, 0.1) is 6.92 Å². The first-order valence-electron chi connectivity index (χ1n) is 9.92. The SMILES string of the molecule is Cc1ccccc1-n1c(SCC(=O)N/N=C\c2cccc(Cl)c2Cl)nc2ccccc2c1=O. The molecule has 4 rings (SSSR count). The van der Waals surface area contributed by atoms with Crippen molar-refractivity contribution in [2.24, 2.45) is 5.10 Å². The van der Waals surface area contributed by atoms with E-state index in [-0.39, 0.29) is 17.2 Å². The summed E-state index contributed by atoms with van der Waals surface area (Å²) < 4.78 is 1.55. The van der Waals surface area contributed by atoms with Gasteiger partial charge in [0.25, 0.3) is 11.5 Å². The van der Waals surface area contributed by atoms with Crippen LogP contribution >= 0.6 is 35.0 Å². The van der Waals surface area contributed by atoms with Crippen molar-refractivity contribution < 1.29 is 4.79 Å². The van der Waals surface area contributed by atoms with E-state index < -0.39 is 0 Å². The third kappa shape index (κ3) is 5.11. The van der Waals surface area contributed by atoms with Gasteiger partial charge >= 0.3 is 0 Å². The number of para-hydroxylation sites is 2. The van der Waals surface area contributed by atoms with Gasteiger partial charge in [-0.3, -0.25) is 14.2 Å². The predicted octanol–water partition coefficient (Wildman–Crippen LogP) is 5.24. The topological polar surface area (TPSA) is 76.3 Å². The summed E-state index contributed by atoms with van der Waals surface area (Å²) in [5, 5.41) is 5.64. The van der Waals surface area contributed by atoms with Crippen molar-refractivity contribution in [3.63, 3.8) is 0 Å². The lowest BCUT2D eigenvalue weighted by atomic mass is 10.2. The number of aromatic nitrogens is 2. The Kier molecular flexibility index (Phi) is 7.13. The molecule has 0 aliphatic carbocycles. The number of carbonyl (C=O) groups is 1. The maximum absolute atomic E-state index is 13.3. The van der Waals surface area contributed by atoms with Gasteiger partial charge in [-0.25, -0.2) is 10.4 Å². The first-order valence-corrected chi connectivity index (χ1v) is 11.7. The van der Waals surface area contributed by atoms with Gasteiger partial charge in [0.05, 0.1) is 38.6 Å². The molecule has 0 saturated carbocycles. The van der Waals surface area contributed by atoms with Crippen LogP contribution in [-0.4, -0.2) is 27.4 Å². The second-order valence-electron chi connectivity index (χ2n) is 7.06. The number of aryl methyl sites for hydroxylation is 1. The highest BCUT2D eigenvalue weighted by atomic mass is 35.5. The van der Waals surface area contributed by atoms with E-state index in [0.29, 0.717) is 31.7 Å². The van der Waals surface area contributed by atoms with Crippen LogP contribution in [0.15, 0.2) is 81.8 Å². The zero-order valence-corrected chi connectivity index (χ0v) is 19.8. The number of amides is 1. The van der Waals surface area contributed by atoms with Gasteiger partial charge in [-0.15, -0.1) is 0 Å². The number of hydrazone groups is 1. The van der Waals surface area contributed by atoms with Crippen LogP contribution < -0.4 is 11.0 Å². The molecule has 166 valence electrons. The van der Waals surface area contributed by atoms with E-state index in [1.807, 2.05) is 37.3 Å². The minimum Gasteiger partial charge on any atom is -0.272 e. The molecule has 33 heavy (non-hydrogen) atoms. The molecular formula is C24H18Cl2N4O2S. The van der Waals surface area contributed by atoms with Crippen molar-refractivity contribution in [1.82, 2.24) is 15.0 Å². The minimum atomic E-state index is -0.354. The third-order valence-corrected chi connectivity index (χ3v) is 6.58. The largest absolute Gasteiger partial charge is 0.272 e. The molecule has 1 amide bonds. The molecule has 4 aromatic rings. The van der Waals surface area contributed by atoms with Gasteiger partial charge in [0.2, 0.25) is 0 Å². The summed E-state index contributed by atoms with van der Waals surface area (Å²) >= 11 is 13.3. The van der Waals surface area contributed by atoms with Gasteiger partial charge < -0.3 is 0 Å². The molecular weight excluding hydrogens is 479 g/mol. The fourth-order valence-electron chi connectivity index (χ4n) is 3.19. The van der Waals surface area contributed by atoms with Crippen LogP contribution in [0.5, 0.6) is 0 Å². The van der Waals surface area contributed by atoms with Gasteiger partial charge in [-0.05, 0) is 36.8 Å². The number of nitrogens with one attached hydrogen (secondary N) is 1. The quantitative estimate of drug-likeness (QED) is 0.171. The Balaban J connectivity index is 1.58. The molecule has 0 fully saturated rings. The lowest BCUT2D eigenvalue weighted by Gasteiger charge is -2.14. The first-order chi connectivity index (χ1) is 16.0. The molecule has 3 aromatic carbocycles. The average molecular weight is 497 g/mol. The van der Waals surface area contributed by atoms with Crippen LogP contribution in [0.3, 0.4) is 0 Å². The Morgan fingerprint density at radius 1 is 1.09 bits per heavy atom. The van der Waals surface area contributed by atoms with Crippen molar-refractivity contribution in [3.8, 4) is 5.69 Å². The van der Waals surface area contributed by atoms with E-state index in [0.717, 1.165) is 23.0 Å². The molecule has 1 N–H and O–H groups in total. The maximum atomic E-state index is 13.3. The van der Waals surface area contributed by atoms with Crippen molar-refractivity contribution in [2.45, 2.75) is 12.1 Å². The number of rotatable bonds is 6. The second-order valence-corrected chi connectivity index (χ2v) is 8.79. The van der Waals surface area contributed by atoms with E-state index in [2.05, 4.69) is 15.5 Å². The lowest BCUT2D eigenvalue weighted by molar-refractivity contribution is -0.118. The van der Waals surface area contributed by atoms with Crippen molar-refractivity contribution in [1.29, 1.82) is 0 Å². The van der Waals surface area contributed by atoms with Gasteiger partial charge in [0, 0.05) is 5.56 Å². The summed E-state index contributed by atoms with van der Waals surface area (Å²) in [7, 11) is 0. The molecule has 1 aromatic heterocycles. The standard InChI is InChI=1S/C24H18Cl2N4O2S/c1-15-7-2-5-12-20(15)30-23(32)17-9-3-4-11-19(17)28-24(30)33-14-21(31)29-27-13-16-8-6-10-18(25)22(16)26/h2-13H,14H2,1H3,(H,29,31)/b27-13-. The zero-order chi connectivity index (χ0) is 23.4. The van der Waals surface area contributed by atoms with Crippen LogP contribution in [0.2, 0.25) is 10.0 Å². The Bertz CT molecular complexity index is 1440. The summed E-state index contributed by atoms with van der Waals surface area (Å²) in [6.45, 7) is 1.92. The molecule has 9 heteroatoms. The smallest absolute Gasteiger partial charge is 0.266 e. The van der Waals surface area contributed by atoms with Crippen molar-refractivity contribution in [2.75, 3.05) is 5.75 Å². The van der Waals surface area contributed by atoms with E-state index in [1.54, 1.807) is 41.0 Å². The average Bonchev–Trinajstić information content (AvgIpc) is 2.81. The maximum Gasteiger partial charge on any atom is 0.266 e. The Labute approximate surface area is 204 Å². The summed E-state index contributed by atoms with van der Waals surface area (Å²) in [5.74, 6) is -0.342. The van der Waals surface area contributed by atoms with Crippen LogP contribution in [0.1, 0.15) is 11.1 Å². The number of thioether (sulfide) groups is 1. The molecule has 0 bridgehead atoms. The van der Waals surface area contributed by atoms with E-state index in [1.165, 1.54) is 6.21 Å². The summed E-state index contributed by atoms with van der Waals surface area (Å²) in [6.07, 6.45) is 1.42. The Hall–Kier alpha value is -3.13. The van der Waals surface area contributed by atoms with Gasteiger partial charge in [0.1, 0.15) is 0 Å². The Morgan fingerprint density at radius 3 is 2.67 bits per heavy atom. The number of hydrogen-bond donors (Lipinski definition) is 1. The number of hydrogen-bond acceptors (Lipinski definition) is 5. The fraction of sp³-hybridized carbons (Fsp3) is 0.0833. The van der Waals surface area contributed by atoms with Crippen molar-refractivity contribution >= 4 is 58.0 Å². The molecule has 0 radical (unpaired) electrons. The normalized spacial score (nSPS) is 11.2. The summed E-state index contributed by atoms with van der Waals surface area (Å²) in [5.41, 5.74) is 5.07. The molecule has 0 saturated heterocycles. The second kappa shape index (κ2) is 10.2. The monoisotopic (exact) mass is 496 g/mol. The van der Waals surface area contributed by atoms with Gasteiger partial charge in [0.15, 0.2) is 5.16 Å². The first kappa shape index (κ1) is 23.0. The van der Waals surface area contributed by atoms with Crippen LogP contribution in [0.25, 0.3) is 16.6 Å². The van der Waals surface area contributed by atoms with Gasteiger partial charge in [-0.1, -0.05) is 77.4 Å². The highest BCUT2D eigenvalue weighted by Crippen LogP contribution is 2.24. The zero-order valence-electron chi connectivity index (χ0n) is 17.5. The summed E-state index contributed by atoms with van der Waals surface area (Å²) in [6, 6.07) is 19.8. The molecule has 0 aliphatic rings. The molecule has 0 aliphatic heterocycles. The number of nitrogens with zero attached hydrogens (tertiary/aromatic N) is 3. The molecule has 0 spiro atoms.